The number of rotatable bonds is 6. The molecule has 2 nitrogen and oxygen atoms in total. The molecular formula is C11H23NO. The number of hydrogen-bond donors (Lipinski definition) is 1. The molecule has 0 bridgehead atoms. The van der Waals surface area contributed by atoms with Crippen molar-refractivity contribution in [3.05, 3.63) is 0 Å². The van der Waals surface area contributed by atoms with Crippen molar-refractivity contribution >= 4 is 0 Å². The van der Waals surface area contributed by atoms with E-state index >= 15 is 0 Å². The summed E-state index contributed by atoms with van der Waals surface area (Å²) in [6, 6.07) is 0. The molecule has 1 aliphatic carbocycles. The summed E-state index contributed by atoms with van der Waals surface area (Å²) in [5.74, 6) is 0.784. The van der Waals surface area contributed by atoms with Gasteiger partial charge in [-0.2, -0.15) is 0 Å². The molecule has 1 saturated carbocycles. The van der Waals surface area contributed by atoms with Crippen LogP contribution in [-0.4, -0.2) is 36.8 Å². The number of nitrogens with zero attached hydrogens (tertiary/aromatic N) is 1. The van der Waals surface area contributed by atoms with Gasteiger partial charge in [0.1, 0.15) is 0 Å². The minimum atomic E-state index is 0.283. The van der Waals surface area contributed by atoms with Gasteiger partial charge in [-0.3, -0.25) is 0 Å². The SMILES string of the molecule is CC(C)CCN(C)CC1(CO)CC1. The molecule has 0 unspecified atom stereocenters. The number of hydrogen-bond acceptors (Lipinski definition) is 2. The van der Waals surface area contributed by atoms with Crippen molar-refractivity contribution in [2.24, 2.45) is 11.3 Å². The molecular weight excluding hydrogens is 162 g/mol. The lowest BCUT2D eigenvalue weighted by Gasteiger charge is -2.22. The van der Waals surface area contributed by atoms with E-state index < -0.39 is 0 Å². The highest BCUT2D eigenvalue weighted by molar-refractivity contribution is 4.94. The van der Waals surface area contributed by atoms with Gasteiger partial charge in [-0.1, -0.05) is 13.8 Å². The molecule has 0 spiro atoms. The summed E-state index contributed by atoms with van der Waals surface area (Å²) in [7, 11) is 2.16. The van der Waals surface area contributed by atoms with Crippen LogP contribution < -0.4 is 0 Å². The average molecular weight is 185 g/mol. The van der Waals surface area contributed by atoms with Crippen molar-refractivity contribution in [1.29, 1.82) is 0 Å². The Labute approximate surface area is 81.9 Å². The first kappa shape index (κ1) is 11.0. The summed E-state index contributed by atoms with van der Waals surface area (Å²) < 4.78 is 0. The van der Waals surface area contributed by atoms with Crippen LogP contribution in [-0.2, 0) is 0 Å². The zero-order chi connectivity index (χ0) is 9.90. The van der Waals surface area contributed by atoms with Crippen LogP contribution in [0.2, 0.25) is 0 Å². The first-order valence-corrected chi connectivity index (χ1v) is 5.37. The highest BCUT2D eigenvalue weighted by Gasteiger charge is 2.42. The molecule has 1 N–H and O–H groups in total. The molecule has 0 aromatic heterocycles. The summed E-state index contributed by atoms with van der Waals surface area (Å²) in [5, 5.41) is 9.16. The second kappa shape index (κ2) is 4.43. The van der Waals surface area contributed by atoms with Crippen LogP contribution in [0.25, 0.3) is 0 Å². The maximum Gasteiger partial charge on any atom is 0.0499 e. The second-order valence-corrected chi connectivity index (χ2v) is 5.08. The Morgan fingerprint density at radius 1 is 1.38 bits per heavy atom. The van der Waals surface area contributed by atoms with E-state index in [1.807, 2.05) is 0 Å². The normalized spacial score (nSPS) is 19.8. The van der Waals surface area contributed by atoms with Crippen molar-refractivity contribution in [3.63, 3.8) is 0 Å². The summed E-state index contributed by atoms with van der Waals surface area (Å²) >= 11 is 0. The van der Waals surface area contributed by atoms with Crippen LogP contribution >= 0.6 is 0 Å². The van der Waals surface area contributed by atoms with Crippen molar-refractivity contribution in [2.45, 2.75) is 33.1 Å². The molecule has 1 rings (SSSR count). The monoisotopic (exact) mass is 185 g/mol. The van der Waals surface area contributed by atoms with Crippen LogP contribution in [0.1, 0.15) is 33.1 Å². The fourth-order valence-electron chi connectivity index (χ4n) is 1.67. The number of aliphatic hydroxyl groups is 1. The summed E-state index contributed by atoms with van der Waals surface area (Å²) in [6.07, 6.45) is 3.70. The van der Waals surface area contributed by atoms with E-state index in [1.165, 1.54) is 25.8 Å². The van der Waals surface area contributed by atoms with Gasteiger partial charge < -0.3 is 10.0 Å². The quantitative estimate of drug-likeness (QED) is 0.681. The molecule has 1 aliphatic rings. The maximum absolute atomic E-state index is 9.16. The van der Waals surface area contributed by atoms with E-state index in [2.05, 4.69) is 25.8 Å². The lowest BCUT2D eigenvalue weighted by atomic mass is 10.1. The topological polar surface area (TPSA) is 23.5 Å². The van der Waals surface area contributed by atoms with Gasteiger partial charge in [0.25, 0.3) is 0 Å². The van der Waals surface area contributed by atoms with Crippen LogP contribution in [0.15, 0.2) is 0 Å². The molecule has 0 aromatic carbocycles. The molecule has 0 atom stereocenters. The lowest BCUT2D eigenvalue weighted by molar-refractivity contribution is 0.161. The predicted molar refractivity (Wildman–Crippen MR) is 55.7 cm³/mol. The van der Waals surface area contributed by atoms with Crippen molar-refractivity contribution in [3.8, 4) is 0 Å². The Balaban J connectivity index is 2.14. The fourth-order valence-corrected chi connectivity index (χ4v) is 1.67. The van der Waals surface area contributed by atoms with Crippen molar-refractivity contribution < 1.29 is 5.11 Å². The Kier molecular flexibility index (Phi) is 3.74. The van der Waals surface area contributed by atoms with Gasteiger partial charge in [-0.05, 0) is 38.8 Å². The van der Waals surface area contributed by atoms with Gasteiger partial charge in [0, 0.05) is 18.6 Å². The van der Waals surface area contributed by atoms with Crippen LogP contribution in [0, 0.1) is 11.3 Å². The lowest BCUT2D eigenvalue weighted by Crippen LogP contribution is -2.30. The van der Waals surface area contributed by atoms with Crippen molar-refractivity contribution in [1.82, 2.24) is 4.90 Å². The molecule has 0 amide bonds. The molecule has 0 aliphatic heterocycles. The van der Waals surface area contributed by atoms with Gasteiger partial charge in [0.05, 0.1) is 0 Å². The summed E-state index contributed by atoms with van der Waals surface area (Å²) in [6.45, 7) is 7.13. The Morgan fingerprint density at radius 2 is 2.00 bits per heavy atom. The average Bonchev–Trinajstić information content (AvgIpc) is 2.82. The second-order valence-electron chi connectivity index (χ2n) is 5.08. The standard InChI is InChI=1S/C11H23NO/c1-10(2)4-7-12(3)8-11(9-13)5-6-11/h10,13H,4-9H2,1-3H3. The zero-order valence-electron chi connectivity index (χ0n) is 9.21. The van der Waals surface area contributed by atoms with E-state index in [-0.39, 0.29) is 5.41 Å². The molecule has 0 heterocycles. The van der Waals surface area contributed by atoms with Crippen LogP contribution in [0.5, 0.6) is 0 Å². The third kappa shape index (κ3) is 3.65. The molecule has 1 fully saturated rings. The first-order chi connectivity index (χ1) is 6.08. The van der Waals surface area contributed by atoms with Gasteiger partial charge >= 0.3 is 0 Å². The molecule has 0 saturated heterocycles. The Morgan fingerprint density at radius 3 is 2.38 bits per heavy atom. The van der Waals surface area contributed by atoms with E-state index in [9.17, 15) is 0 Å². The van der Waals surface area contributed by atoms with Gasteiger partial charge in [0.2, 0.25) is 0 Å². The minimum Gasteiger partial charge on any atom is -0.396 e. The third-order valence-corrected chi connectivity index (χ3v) is 2.99. The zero-order valence-corrected chi connectivity index (χ0v) is 9.21. The first-order valence-electron chi connectivity index (χ1n) is 5.37. The van der Waals surface area contributed by atoms with Crippen LogP contribution in [0.3, 0.4) is 0 Å². The van der Waals surface area contributed by atoms with E-state index in [4.69, 9.17) is 5.11 Å². The van der Waals surface area contributed by atoms with Crippen LogP contribution in [0.4, 0.5) is 0 Å². The minimum absolute atomic E-state index is 0.283. The van der Waals surface area contributed by atoms with Gasteiger partial charge in [0.15, 0.2) is 0 Å². The van der Waals surface area contributed by atoms with Crippen molar-refractivity contribution in [2.75, 3.05) is 26.7 Å². The smallest absolute Gasteiger partial charge is 0.0499 e. The number of aliphatic hydroxyl groups excluding tert-OH is 1. The fraction of sp³-hybridized carbons (Fsp3) is 1.00. The van der Waals surface area contributed by atoms with Gasteiger partial charge in [-0.25, -0.2) is 0 Å². The highest BCUT2D eigenvalue weighted by atomic mass is 16.3. The van der Waals surface area contributed by atoms with E-state index in [0.29, 0.717) is 6.61 Å². The Bertz CT molecular complexity index is 152. The van der Waals surface area contributed by atoms with Gasteiger partial charge in [-0.15, -0.1) is 0 Å². The highest BCUT2D eigenvalue weighted by Crippen LogP contribution is 2.45. The Hall–Kier alpha value is -0.0800. The predicted octanol–water partition coefficient (Wildman–Crippen LogP) is 1.74. The third-order valence-electron chi connectivity index (χ3n) is 2.99. The molecule has 0 aromatic rings. The maximum atomic E-state index is 9.16. The summed E-state index contributed by atoms with van der Waals surface area (Å²) in [5.41, 5.74) is 0.283. The van der Waals surface area contributed by atoms with E-state index in [1.54, 1.807) is 0 Å². The van der Waals surface area contributed by atoms with E-state index in [0.717, 1.165) is 12.5 Å². The molecule has 0 radical (unpaired) electrons. The summed E-state index contributed by atoms with van der Waals surface area (Å²) in [4.78, 5) is 2.36. The largest absolute Gasteiger partial charge is 0.396 e. The molecule has 2 heteroatoms. The molecule has 78 valence electrons. The molecule has 13 heavy (non-hydrogen) atoms.